The molecule has 0 fully saturated rings. The Morgan fingerprint density at radius 1 is 0.389 bits per heavy atom. The molecule has 7 aromatic carbocycles. The summed E-state index contributed by atoms with van der Waals surface area (Å²) in [6.45, 7) is 23.8. The summed E-state index contributed by atoms with van der Waals surface area (Å²) in [5.41, 5.74) is 18.8. The topological polar surface area (TPSA) is 35.0 Å². The van der Waals surface area contributed by atoms with Crippen molar-refractivity contribution in [2.45, 2.75) is 97.2 Å². The third kappa shape index (κ3) is 10.9. The second kappa shape index (κ2) is 20.2. The number of methoxy groups -OCH3 is 1. The van der Waals surface area contributed by atoms with Crippen LogP contribution in [0.1, 0.15) is 76.3 Å². The lowest BCUT2D eigenvalue weighted by Crippen LogP contribution is -2.44. The molecule has 0 saturated heterocycles. The van der Waals surface area contributed by atoms with Gasteiger partial charge in [0.1, 0.15) is 5.75 Å². The maximum absolute atomic E-state index is 6.23. The van der Waals surface area contributed by atoms with Gasteiger partial charge in [-0.2, -0.15) is 0 Å². The fraction of sp³-hybridized carbons (Fsp3) is 0.235. The first kappa shape index (κ1) is 49.8. The zero-order chi connectivity index (χ0) is 50.8. The molecule has 0 N–H and O–H groups in total. The van der Waals surface area contributed by atoms with E-state index in [4.69, 9.17) is 14.7 Å². The Balaban J connectivity index is 1.10. The molecule has 362 valence electrons. The first-order valence-corrected chi connectivity index (χ1v) is 29.1. The van der Waals surface area contributed by atoms with Crippen molar-refractivity contribution in [1.29, 1.82) is 0 Å². The molecular weight excluding hydrogens is 889 g/mol. The molecule has 0 saturated carbocycles. The van der Waals surface area contributed by atoms with Crippen LogP contribution in [0.2, 0.25) is 19.6 Å². The summed E-state index contributed by atoms with van der Waals surface area (Å²) >= 11 is 0. The number of nitrogens with zero attached hydrogens (tertiary/aromatic N) is 2. The molecule has 0 amide bonds. The van der Waals surface area contributed by atoms with Crippen LogP contribution in [-0.4, -0.2) is 25.2 Å². The zero-order valence-corrected chi connectivity index (χ0v) is 45.3. The van der Waals surface area contributed by atoms with Gasteiger partial charge in [-0.3, -0.25) is 0 Å². The van der Waals surface area contributed by atoms with Gasteiger partial charge in [-0.15, -0.1) is 0 Å². The quantitative estimate of drug-likeness (QED) is 0.102. The van der Waals surface area contributed by atoms with E-state index in [2.05, 4.69) is 268 Å². The summed E-state index contributed by atoms with van der Waals surface area (Å²) in [5.74, 6) is 0.945. The maximum atomic E-state index is 6.23. The molecule has 72 heavy (non-hydrogen) atoms. The van der Waals surface area contributed by atoms with Gasteiger partial charge >= 0.3 is 0 Å². The molecule has 9 aromatic rings. The van der Waals surface area contributed by atoms with Crippen LogP contribution in [0.15, 0.2) is 200 Å². The highest BCUT2D eigenvalue weighted by Gasteiger charge is 2.31. The largest absolute Gasteiger partial charge is 0.496 e. The Labute approximate surface area is 431 Å². The van der Waals surface area contributed by atoms with Crippen molar-refractivity contribution >= 4 is 13.3 Å². The van der Waals surface area contributed by atoms with Gasteiger partial charge in [0.05, 0.1) is 38.0 Å². The summed E-state index contributed by atoms with van der Waals surface area (Å²) in [6, 6.07) is 72.6. The van der Waals surface area contributed by atoms with Crippen LogP contribution >= 0.6 is 0 Å². The third-order valence-corrected chi connectivity index (χ3v) is 16.3. The summed E-state index contributed by atoms with van der Waals surface area (Å²) < 4.78 is 6.23. The van der Waals surface area contributed by atoms with Crippen LogP contribution in [0.3, 0.4) is 0 Å². The molecule has 0 radical (unpaired) electrons. The smallest absolute Gasteiger partial charge is 0.122 e. The van der Waals surface area contributed by atoms with Crippen LogP contribution < -0.4 is 9.92 Å². The molecule has 2 heterocycles. The first-order chi connectivity index (χ1) is 34.4. The molecule has 0 aliphatic heterocycles. The average molecular weight is 959 g/mol. The lowest BCUT2D eigenvalue weighted by Gasteiger charge is -2.33. The molecule has 3 nitrogen and oxygen atoms in total. The highest BCUT2D eigenvalue weighted by atomic mass is 28.3. The molecular formula is C68H70N2OSi. The fourth-order valence-corrected chi connectivity index (χ4v) is 12.6. The third-order valence-electron chi connectivity index (χ3n) is 14.3. The van der Waals surface area contributed by atoms with Crippen molar-refractivity contribution in [3.8, 4) is 73.0 Å². The Morgan fingerprint density at radius 3 is 1.28 bits per heavy atom. The SMILES string of the molecule is COc1cc(CC(C)(C)c2ccccc2[Si](C)(C)C)ccc1C(C)(C)Cc1cccc(-c2cc(-c3cccc(-c4cc(-c5ccccc5)nc(-c5ccccc5)c4)c3C(C)(C)C)cc(-c3ccccc3)n2)c1. The van der Waals surface area contributed by atoms with Crippen molar-refractivity contribution < 1.29 is 4.74 Å². The normalized spacial score (nSPS) is 12.2. The second-order valence-electron chi connectivity index (χ2n) is 23.0. The van der Waals surface area contributed by atoms with Gasteiger partial charge in [0.25, 0.3) is 0 Å². The van der Waals surface area contributed by atoms with Crippen molar-refractivity contribution in [1.82, 2.24) is 9.97 Å². The fourth-order valence-electron chi connectivity index (χ4n) is 10.8. The van der Waals surface area contributed by atoms with Crippen LogP contribution in [0.4, 0.5) is 0 Å². The predicted octanol–water partition coefficient (Wildman–Crippen LogP) is 17.4. The van der Waals surface area contributed by atoms with E-state index in [1.54, 1.807) is 5.19 Å². The minimum absolute atomic E-state index is 0.0268. The summed E-state index contributed by atoms with van der Waals surface area (Å²) in [7, 11) is 0.283. The molecule has 0 atom stereocenters. The van der Waals surface area contributed by atoms with Crippen molar-refractivity contribution in [3.63, 3.8) is 0 Å². The highest BCUT2D eigenvalue weighted by Crippen LogP contribution is 2.44. The lowest BCUT2D eigenvalue weighted by molar-refractivity contribution is 0.390. The molecule has 0 aliphatic carbocycles. The summed E-state index contributed by atoms with van der Waals surface area (Å²) in [5, 5.41) is 1.54. The van der Waals surface area contributed by atoms with Crippen LogP contribution in [0.5, 0.6) is 5.75 Å². The summed E-state index contributed by atoms with van der Waals surface area (Å²) in [6.07, 6.45) is 1.76. The van der Waals surface area contributed by atoms with Gasteiger partial charge in [0.2, 0.25) is 0 Å². The average Bonchev–Trinajstić information content (AvgIpc) is 3.38. The van der Waals surface area contributed by atoms with Crippen molar-refractivity contribution in [2.75, 3.05) is 7.11 Å². The first-order valence-electron chi connectivity index (χ1n) is 25.6. The molecule has 0 spiro atoms. The maximum Gasteiger partial charge on any atom is 0.122 e. The van der Waals surface area contributed by atoms with Gasteiger partial charge in [0.15, 0.2) is 0 Å². The molecule has 4 heteroatoms. The van der Waals surface area contributed by atoms with Gasteiger partial charge in [-0.1, -0.05) is 237 Å². The molecule has 0 bridgehead atoms. The molecule has 0 aliphatic rings. The van der Waals surface area contributed by atoms with E-state index in [0.717, 1.165) is 74.7 Å². The molecule has 2 aromatic heterocycles. The number of ether oxygens (including phenoxy) is 1. The van der Waals surface area contributed by atoms with Crippen LogP contribution in [-0.2, 0) is 29.1 Å². The highest BCUT2D eigenvalue weighted by molar-refractivity contribution is 6.89. The number of rotatable bonds is 14. The number of benzene rings is 7. The Morgan fingerprint density at radius 2 is 0.806 bits per heavy atom. The molecule has 0 unspecified atom stereocenters. The van der Waals surface area contributed by atoms with Gasteiger partial charge in [0, 0.05) is 27.8 Å². The van der Waals surface area contributed by atoms with Crippen LogP contribution in [0.25, 0.3) is 67.3 Å². The van der Waals surface area contributed by atoms with E-state index < -0.39 is 8.07 Å². The number of aromatic nitrogens is 2. The van der Waals surface area contributed by atoms with Crippen LogP contribution in [0, 0.1) is 0 Å². The Bertz CT molecular complexity index is 3280. The Hall–Kier alpha value is -7.14. The van der Waals surface area contributed by atoms with Gasteiger partial charge in [-0.25, -0.2) is 9.97 Å². The van der Waals surface area contributed by atoms with E-state index >= 15 is 0 Å². The van der Waals surface area contributed by atoms with E-state index in [1.165, 1.54) is 38.9 Å². The molecule has 9 rings (SSSR count). The lowest BCUT2D eigenvalue weighted by atomic mass is 9.76. The number of hydrogen-bond acceptors (Lipinski definition) is 3. The number of hydrogen-bond donors (Lipinski definition) is 0. The minimum atomic E-state index is -1.53. The van der Waals surface area contributed by atoms with Crippen molar-refractivity contribution in [3.05, 3.63) is 228 Å². The second-order valence-corrected chi connectivity index (χ2v) is 28.0. The van der Waals surface area contributed by atoms with E-state index in [-0.39, 0.29) is 16.2 Å². The monoisotopic (exact) mass is 959 g/mol. The van der Waals surface area contributed by atoms with Gasteiger partial charge < -0.3 is 4.74 Å². The predicted molar refractivity (Wildman–Crippen MR) is 309 cm³/mol. The number of pyridine rings is 2. The van der Waals surface area contributed by atoms with Crippen molar-refractivity contribution in [2.24, 2.45) is 0 Å². The zero-order valence-electron chi connectivity index (χ0n) is 44.3. The Kier molecular flexibility index (Phi) is 14.0. The summed E-state index contributed by atoms with van der Waals surface area (Å²) in [4.78, 5) is 10.7. The standard InChI is InChI=1S/C68H70N2OSi/c1-66(2,3)65-55(53-41-59(49-26-15-12-16-27-49)69-60(42-53)50-28-17-13-18-29-50)33-24-34-56(65)54-43-61(51-30-19-14-20-31-51)70-62(44-54)52-32-23-25-47(39-52)45-67(4,5)57-38-37-48(40-63(57)71-8)46-68(6,7)58-35-21-22-36-64(58)72(9,10)11/h12-44H,45-46H2,1-11H3. The van der Waals surface area contributed by atoms with Gasteiger partial charge in [-0.05, 0) is 110 Å². The van der Waals surface area contributed by atoms with E-state index in [1.807, 2.05) is 7.11 Å². The van der Waals surface area contributed by atoms with E-state index in [0.29, 0.717) is 0 Å². The minimum Gasteiger partial charge on any atom is -0.496 e. The van der Waals surface area contributed by atoms with E-state index in [9.17, 15) is 0 Å².